The number of urea groups is 1. The zero-order valence-electron chi connectivity index (χ0n) is 22.0. The van der Waals surface area contributed by atoms with Crippen LogP contribution in [0.4, 0.5) is 10.5 Å². The second-order valence-corrected chi connectivity index (χ2v) is 9.55. The van der Waals surface area contributed by atoms with Crippen LogP contribution in [0.3, 0.4) is 0 Å². The van der Waals surface area contributed by atoms with Crippen LogP contribution in [0.25, 0.3) is 6.08 Å². The van der Waals surface area contributed by atoms with Gasteiger partial charge in [-0.2, -0.15) is 0 Å². The topological polar surface area (TPSA) is 84.9 Å². The fourth-order valence-corrected chi connectivity index (χ4v) is 4.42. The van der Waals surface area contributed by atoms with Crippen molar-refractivity contribution in [2.45, 2.75) is 41.2 Å². The SMILES string of the molecule is CCOc1cc(/C=C2\C(=O)NC(=O)N(c3cccc(C)c3C)C2=O)cc(Cl)c1OCc1ccc(C)c(C)c1. The minimum atomic E-state index is -0.797. The normalized spacial score (nSPS) is 14.6. The molecule has 3 aromatic carbocycles. The van der Waals surface area contributed by atoms with Crippen molar-refractivity contribution in [1.29, 1.82) is 0 Å². The molecule has 1 fully saturated rings. The van der Waals surface area contributed by atoms with Gasteiger partial charge in [-0.1, -0.05) is 41.9 Å². The Kier molecular flexibility index (Phi) is 7.88. The summed E-state index contributed by atoms with van der Waals surface area (Å²) in [6.45, 7) is 10.3. The second-order valence-electron chi connectivity index (χ2n) is 9.15. The van der Waals surface area contributed by atoms with E-state index in [4.69, 9.17) is 21.1 Å². The molecule has 0 radical (unpaired) electrons. The highest BCUT2D eigenvalue weighted by atomic mass is 35.5. The average molecular weight is 533 g/mol. The molecule has 1 aliphatic heterocycles. The van der Waals surface area contributed by atoms with Gasteiger partial charge in [0.2, 0.25) is 0 Å². The van der Waals surface area contributed by atoms with E-state index in [9.17, 15) is 14.4 Å². The Labute approximate surface area is 227 Å². The van der Waals surface area contributed by atoms with Crippen LogP contribution in [-0.2, 0) is 16.2 Å². The number of benzene rings is 3. The Morgan fingerprint density at radius 1 is 0.921 bits per heavy atom. The Bertz CT molecular complexity index is 1480. The van der Waals surface area contributed by atoms with E-state index in [1.165, 1.54) is 11.6 Å². The molecule has 196 valence electrons. The number of aryl methyl sites for hydroxylation is 3. The number of amides is 4. The third kappa shape index (κ3) is 5.43. The molecule has 1 saturated heterocycles. The smallest absolute Gasteiger partial charge is 0.335 e. The molecular formula is C30H29ClN2O5. The number of anilines is 1. The van der Waals surface area contributed by atoms with Gasteiger partial charge in [0.1, 0.15) is 12.2 Å². The molecule has 0 aliphatic carbocycles. The van der Waals surface area contributed by atoms with Gasteiger partial charge in [-0.3, -0.25) is 14.9 Å². The van der Waals surface area contributed by atoms with Gasteiger partial charge in [0, 0.05) is 0 Å². The third-order valence-electron chi connectivity index (χ3n) is 6.52. The zero-order valence-corrected chi connectivity index (χ0v) is 22.7. The molecule has 1 heterocycles. The summed E-state index contributed by atoms with van der Waals surface area (Å²) in [7, 11) is 0. The van der Waals surface area contributed by atoms with E-state index in [0.717, 1.165) is 27.2 Å². The summed E-state index contributed by atoms with van der Waals surface area (Å²) in [5.74, 6) is -0.773. The summed E-state index contributed by atoms with van der Waals surface area (Å²) in [6.07, 6.45) is 1.39. The molecule has 0 saturated carbocycles. The van der Waals surface area contributed by atoms with Gasteiger partial charge in [0.05, 0.1) is 17.3 Å². The number of carbonyl (C=O) groups excluding carboxylic acids is 3. The summed E-state index contributed by atoms with van der Waals surface area (Å²) >= 11 is 6.59. The monoisotopic (exact) mass is 532 g/mol. The summed E-state index contributed by atoms with van der Waals surface area (Å²) in [5, 5.41) is 2.52. The Hall–Kier alpha value is -4.10. The highest BCUT2D eigenvalue weighted by Gasteiger charge is 2.37. The average Bonchev–Trinajstić information content (AvgIpc) is 2.86. The van der Waals surface area contributed by atoms with Crippen molar-refractivity contribution >= 4 is 41.2 Å². The van der Waals surface area contributed by atoms with Crippen molar-refractivity contribution < 1.29 is 23.9 Å². The molecule has 8 heteroatoms. The number of halogens is 1. The van der Waals surface area contributed by atoms with Crippen LogP contribution in [-0.4, -0.2) is 24.5 Å². The standard InChI is InChI=1S/C30H29ClN2O5/c1-6-37-26-15-22(14-24(31)27(26)38-16-21-11-10-17(2)19(4)12-21)13-23-28(34)32-30(36)33(29(23)35)25-9-7-8-18(3)20(25)5/h7-15H,6,16H2,1-5H3,(H,32,34,36)/b23-13+. The van der Waals surface area contributed by atoms with Crippen LogP contribution >= 0.6 is 11.6 Å². The van der Waals surface area contributed by atoms with Gasteiger partial charge in [-0.25, -0.2) is 9.69 Å². The van der Waals surface area contributed by atoms with E-state index in [0.29, 0.717) is 29.4 Å². The molecule has 0 spiro atoms. The van der Waals surface area contributed by atoms with Crippen molar-refractivity contribution in [3.05, 3.63) is 92.5 Å². The molecular weight excluding hydrogens is 504 g/mol. The number of carbonyl (C=O) groups is 3. The molecule has 4 rings (SSSR count). The van der Waals surface area contributed by atoms with Crippen LogP contribution in [0.15, 0.2) is 54.1 Å². The largest absolute Gasteiger partial charge is 0.490 e. The Morgan fingerprint density at radius 2 is 1.68 bits per heavy atom. The molecule has 4 amide bonds. The number of hydrogen-bond acceptors (Lipinski definition) is 5. The summed E-state index contributed by atoms with van der Waals surface area (Å²) < 4.78 is 11.8. The third-order valence-corrected chi connectivity index (χ3v) is 6.80. The lowest BCUT2D eigenvalue weighted by Crippen LogP contribution is -2.54. The van der Waals surface area contributed by atoms with E-state index < -0.39 is 17.8 Å². The van der Waals surface area contributed by atoms with Crippen LogP contribution in [0.5, 0.6) is 11.5 Å². The first-order valence-corrected chi connectivity index (χ1v) is 12.6. The molecule has 3 aromatic rings. The number of rotatable bonds is 7. The van der Waals surface area contributed by atoms with Crippen LogP contribution in [0.1, 0.15) is 40.3 Å². The van der Waals surface area contributed by atoms with Gasteiger partial charge in [0.25, 0.3) is 11.8 Å². The van der Waals surface area contributed by atoms with Crippen LogP contribution in [0, 0.1) is 27.7 Å². The summed E-state index contributed by atoms with van der Waals surface area (Å²) in [5.41, 5.74) is 5.67. The molecule has 0 unspecified atom stereocenters. The zero-order chi connectivity index (χ0) is 27.6. The summed E-state index contributed by atoms with van der Waals surface area (Å²) in [6, 6.07) is 13.8. The molecule has 38 heavy (non-hydrogen) atoms. The van der Waals surface area contributed by atoms with E-state index in [1.54, 1.807) is 24.3 Å². The fourth-order valence-electron chi connectivity index (χ4n) is 4.14. The van der Waals surface area contributed by atoms with E-state index in [-0.39, 0.29) is 17.2 Å². The van der Waals surface area contributed by atoms with Crippen molar-refractivity contribution in [3.8, 4) is 11.5 Å². The number of barbiturate groups is 1. The first-order valence-electron chi connectivity index (χ1n) is 12.2. The first-order chi connectivity index (χ1) is 18.1. The van der Waals surface area contributed by atoms with Crippen molar-refractivity contribution in [1.82, 2.24) is 5.32 Å². The molecule has 7 nitrogen and oxygen atoms in total. The maximum absolute atomic E-state index is 13.4. The first kappa shape index (κ1) is 26.9. The lowest BCUT2D eigenvalue weighted by atomic mass is 10.0. The van der Waals surface area contributed by atoms with Crippen LogP contribution < -0.4 is 19.7 Å². The lowest BCUT2D eigenvalue weighted by molar-refractivity contribution is -0.122. The quantitative estimate of drug-likeness (QED) is 0.288. The molecule has 0 aromatic heterocycles. The number of nitrogens with one attached hydrogen (secondary N) is 1. The van der Waals surface area contributed by atoms with Crippen molar-refractivity contribution in [2.75, 3.05) is 11.5 Å². The Balaban J connectivity index is 1.67. The second kappa shape index (κ2) is 11.1. The number of nitrogens with zero attached hydrogens (tertiary/aromatic N) is 1. The van der Waals surface area contributed by atoms with Crippen molar-refractivity contribution in [3.63, 3.8) is 0 Å². The molecule has 0 atom stereocenters. The van der Waals surface area contributed by atoms with Gasteiger partial charge >= 0.3 is 6.03 Å². The minimum Gasteiger partial charge on any atom is -0.490 e. The van der Waals surface area contributed by atoms with E-state index >= 15 is 0 Å². The van der Waals surface area contributed by atoms with Crippen LogP contribution in [0.2, 0.25) is 5.02 Å². The Morgan fingerprint density at radius 3 is 2.39 bits per heavy atom. The van der Waals surface area contributed by atoms with E-state index in [2.05, 4.69) is 11.4 Å². The predicted molar refractivity (Wildman–Crippen MR) is 148 cm³/mol. The minimum absolute atomic E-state index is 0.201. The molecule has 0 bridgehead atoms. The maximum atomic E-state index is 13.4. The van der Waals surface area contributed by atoms with E-state index in [1.807, 2.05) is 52.8 Å². The number of ether oxygens (including phenoxy) is 2. The van der Waals surface area contributed by atoms with Gasteiger partial charge in [-0.15, -0.1) is 0 Å². The lowest BCUT2D eigenvalue weighted by Gasteiger charge is -2.28. The number of hydrogen-bond donors (Lipinski definition) is 1. The highest BCUT2D eigenvalue weighted by Crippen LogP contribution is 2.38. The summed E-state index contributed by atoms with van der Waals surface area (Å²) in [4.78, 5) is 39.7. The molecule has 1 aliphatic rings. The van der Waals surface area contributed by atoms with Gasteiger partial charge < -0.3 is 9.47 Å². The van der Waals surface area contributed by atoms with Gasteiger partial charge in [-0.05, 0) is 92.3 Å². The highest BCUT2D eigenvalue weighted by molar-refractivity contribution is 6.39. The molecule has 1 N–H and O–H groups in total. The fraction of sp³-hybridized carbons (Fsp3) is 0.233. The maximum Gasteiger partial charge on any atom is 0.335 e. The van der Waals surface area contributed by atoms with Gasteiger partial charge in [0.15, 0.2) is 11.5 Å². The predicted octanol–water partition coefficient (Wildman–Crippen LogP) is 6.22. The van der Waals surface area contributed by atoms with Crippen molar-refractivity contribution in [2.24, 2.45) is 0 Å². The number of imide groups is 2.